The van der Waals surface area contributed by atoms with E-state index in [1.54, 1.807) is 0 Å². The van der Waals surface area contributed by atoms with Gasteiger partial charge in [0.1, 0.15) is 5.60 Å². The molecule has 1 N–H and O–H groups in total. The first-order valence-electron chi connectivity index (χ1n) is 7.83. The Morgan fingerprint density at radius 1 is 0.947 bits per heavy atom. The molecule has 2 heteroatoms. The molecule has 1 saturated heterocycles. The number of aliphatic hydroxyl groups is 1. The lowest BCUT2D eigenvalue weighted by molar-refractivity contribution is -0.0840. The molecule has 0 amide bonds. The van der Waals surface area contributed by atoms with E-state index in [9.17, 15) is 5.11 Å². The number of nitrogens with zero attached hydrogens (tertiary/aromatic N) is 1. The highest BCUT2D eigenvalue weighted by Gasteiger charge is 2.43. The number of benzene rings is 1. The fourth-order valence-electron chi connectivity index (χ4n) is 3.92. The molecule has 0 aromatic heterocycles. The van der Waals surface area contributed by atoms with Crippen molar-refractivity contribution in [2.24, 2.45) is 0 Å². The van der Waals surface area contributed by atoms with Gasteiger partial charge in [0.2, 0.25) is 0 Å². The summed E-state index contributed by atoms with van der Waals surface area (Å²) in [6, 6.07) is 10.7. The average molecular weight is 259 g/mol. The van der Waals surface area contributed by atoms with Crippen LogP contribution in [0.3, 0.4) is 0 Å². The van der Waals surface area contributed by atoms with Crippen LogP contribution in [0, 0.1) is 0 Å². The van der Waals surface area contributed by atoms with Gasteiger partial charge in [-0.2, -0.15) is 0 Å². The predicted octanol–water partition coefficient (Wildman–Crippen LogP) is 3.30. The summed E-state index contributed by atoms with van der Waals surface area (Å²) in [5.41, 5.74) is 0.488. The second-order valence-corrected chi connectivity index (χ2v) is 6.15. The Morgan fingerprint density at radius 2 is 1.68 bits per heavy atom. The van der Waals surface area contributed by atoms with Gasteiger partial charge in [0.15, 0.2) is 0 Å². The number of piperidine rings is 1. The van der Waals surface area contributed by atoms with E-state index in [0.29, 0.717) is 6.04 Å². The Hall–Kier alpha value is -0.860. The molecule has 2 aliphatic rings. The zero-order chi connectivity index (χ0) is 13.1. The third-order valence-electron chi connectivity index (χ3n) is 4.94. The van der Waals surface area contributed by atoms with Crippen molar-refractivity contribution in [3.8, 4) is 0 Å². The first kappa shape index (κ1) is 13.1. The maximum Gasteiger partial charge on any atom is 0.105 e. The van der Waals surface area contributed by atoms with Crippen LogP contribution in [-0.2, 0) is 5.60 Å². The van der Waals surface area contributed by atoms with Crippen molar-refractivity contribution in [3.63, 3.8) is 0 Å². The minimum absolute atomic E-state index is 0.323. The van der Waals surface area contributed by atoms with E-state index in [0.717, 1.165) is 24.8 Å². The minimum Gasteiger partial charge on any atom is -0.384 e. The summed E-state index contributed by atoms with van der Waals surface area (Å²) in [5, 5.41) is 11.3. The van der Waals surface area contributed by atoms with Gasteiger partial charge in [-0.25, -0.2) is 0 Å². The number of hydrogen-bond acceptors (Lipinski definition) is 2. The van der Waals surface area contributed by atoms with Gasteiger partial charge in [-0.1, -0.05) is 49.6 Å². The monoisotopic (exact) mass is 259 g/mol. The first-order valence-corrected chi connectivity index (χ1v) is 7.83. The normalized spacial score (nSPS) is 33.2. The SMILES string of the molecule is O[C@@]1(c2ccccc2)CCCC[C@@H]1N1CCCCC1. The van der Waals surface area contributed by atoms with E-state index in [1.165, 1.54) is 38.8 Å². The first-order chi connectivity index (χ1) is 9.31. The lowest BCUT2D eigenvalue weighted by Gasteiger charge is -2.47. The van der Waals surface area contributed by atoms with Crippen LogP contribution in [-0.4, -0.2) is 29.1 Å². The Bertz CT molecular complexity index is 399. The van der Waals surface area contributed by atoms with Crippen LogP contribution in [0.5, 0.6) is 0 Å². The fraction of sp³-hybridized carbons (Fsp3) is 0.647. The van der Waals surface area contributed by atoms with Crippen LogP contribution >= 0.6 is 0 Å². The summed E-state index contributed by atoms with van der Waals surface area (Å²) in [7, 11) is 0. The number of rotatable bonds is 2. The molecule has 1 aliphatic heterocycles. The second kappa shape index (κ2) is 5.64. The molecule has 1 aromatic rings. The summed E-state index contributed by atoms with van der Waals surface area (Å²) < 4.78 is 0. The van der Waals surface area contributed by atoms with Gasteiger partial charge < -0.3 is 5.11 Å². The van der Waals surface area contributed by atoms with E-state index >= 15 is 0 Å². The Morgan fingerprint density at radius 3 is 2.42 bits per heavy atom. The molecule has 3 rings (SSSR count). The van der Waals surface area contributed by atoms with E-state index in [4.69, 9.17) is 0 Å². The fourth-order valence-corrected chi connectivity index (χ4v) is 3.92. The molecule has 1 aromatic carbocycles. The molecule has 2 fully saturated rings. The molecule has 1 saturated carbocycles. The number of hydrogen-bond donors (Lipinski definition) is 1. The molecule has 0 bridgehead atoms. The van der Waals surface area contributed by atoms with Crippen LogP contribution in [0.15, 0.2) is 30.3 Å². The van der Waals surface area contributed by atoms with Gasteiger partial charge in [0.25, 0.3) is 0 Å². The Balaban J connectivity index is 1.87. The molecule has 0 spiro atoms. The van der Waals surface area contributed by atoms with Crippen molar-refractivity contribution in [3.05, 3.63) is 35.9 Å². The van der Waals surface area contributed by atoms with Crippen molar-refractivity contribution in [2.45, 2.75) is 56.6 Å². The third kappa shape index (κ3) is 2.56. The lowest BCUT2D eigenvalue weighted by atomic mass is 9.74. The molecule has 2 nitrogen and oxygen atoms in total. The van der Waals surface area contributed by atoms with Gasteiger partial charge in [-0.15, -0.1) is 0 Å². The van der Waals surface area contributed by atoms with E-state index < -0.39 is 5.60 Å². The van der Waals surface area contributed by atoms with Gasteiger partial charge in [-0.05, 0) is 44.3 Å². The van der Waals surface area contributed by atoms with Crippen LogP contribution in [0.25, 0.3) is 0 Å². The molecule has 19 heavy (non-hydrogen) atoms. The number of likely N-dealkylation sites (tertiary alicyclic amines) is 1. The van der Waals surface area contributed by atoms with E-state index in [2.05, 4.69) is 29.2 Å². The topological polar surface area (TPSA) is 23.5 Å². The largest absolute Gasteiger partial charge is 0.384 e. The molecule has 1 aliphatic carbocycles. The summed E-state index contributed by atoms with van der Waals surface area (Å²) >= 11 is 0. The standard InChI is InChI=1S/C17H25NO/c19-17(15-9-3-1-4-10-15)12-6-5-11-16(17)18-13-7-2-8-14-18/h1,3-4,9-10,16,19H,2,5-8,11-14H2/t16-,17+/m0/s1. The van der Waals surface area contributed by atoms with Crippen molar-refractivity contribution < 1.29 is 5.11 Å². The zero-order valence-electron chi connectivity index (χ0n) is 11.7. The summed E-state index contributed by atoms with van der Waals surface area (Å²) in [6.45, 7) is 2.33. The van der Waals surface area contributed by atoms with Gasteiger partial charge >= 0.3 is 0 Å². The highest BCUT2D eigenvalue weighted by Crippen LogP contribution is 2.40. The zero-order valence-corrected chi connectivity index (χ0v) is 11.7. The Labute approximate surface area is 116 Å². The minimum atomic E-state index is -0.628. The van der Waals surface area contributed by atoms with Crippen molar-refractivity contribution in [2.75, 3.05) is 13.1 Å². The Kier molecular flexibility index (Phi) is 3.90. The van der Waals surface area contributed by atoms with E-state index in [-0.39, 0.29) is 0 Å². The van der Waals surface area contributed by atoms with Crippen LogP contribution in [0.2, 0.25) is 0 Å². The lowest BCUT2D eigenvalue weighted by Crippen LogP contribution is -2.54. The molecule has 1 heterocycles. The van der Waals surface area contributed by atoms with Gasteiger partial charge in [-0.3, -0.25) is 4.90 Å². The molecular formula is C17H25NO. The molecular weight excluding hydrogens is 234 g/mol. The third-order valence-corrected chi connectivity index (χ3v) is 4.94. The highest BCUT2D eigenvalue weighted by molar-refractivity contribution is 5.25. The molecule has 2 atom stereocenters. The molecule has 0 unspecified atom stereocenters. The van der Waals surface area contributed by atoms with Crippen LogP contribution < -0.4 is 0 Å². The van der Waals surface area contributed by atoms with Crippen molar-refractivity contribution in [1.29, 1.82) is 0 Å². The van der Waals surface area contributed by atoms with Crippen molar-refractivity contribution in [1.82, 2.24) is 4.90 Å². The summed E-state index contributed by atoms with van der Waals surface area (Å²) in [4.78, 5) is 2.55. The molecule has 0 radical (unpaired) electrons. The van der Waals surface area contributed by atoms with Crippen LogP contribution in [0.1, 0.15) is 50.5 Å². The molecule has 104 valence electrons. The van der Waals surface area contributed by atoms with Gasteiger partial charge in [0, 0.05) is 6.04 Å². The second-order valence-electron chi connectivity index (χ2n) is 6.15. The summed E-state index contributed by atoms with van der Waals surface area (Å²) in [5.74, 6) is 0. The van der Waals surface area contributed by atoms with Crippen LogP contribution in [0.4, 0.5) is 0 Å². The predicted molar refractivity (Wildman–Crippen MR) is 78.0 cm³/mol. The van der Waals surface area contributed by atoms with E-state index in [1.807, 2.05) is 6.07 Å². The smallest absolute Gasteiger partial charge is 0.105 e. The maximum absolute atomic E-state index is 11.3. The highest BCUT2D eigenvalue weighted by atomic mass is 16.3. The average Bonchev–Trinajstić information content (AvgIpc) is 2.49. The maximum atomic E-state index is 11.3. The summed E-state index contributed by atoms with van der Waals surface area (Å²) in [6.07, 6.45) is 8.41. The van der Waals surface area contributed by atoms with Gasteiger partial charge in [0.05, 0.1) is 0 Å². The quantitative estimate of drug-likeness (QED) is 0.881. The van der Waals surface area contributed by atoms with Crippen molar-refractivity contribution >= 4 is 0 Å².